The Morgan fingerprint density at radius 1 is 1.48 bits per heavy atom. The van der Waals surface area contributed by atoms with E-state index in [9.17, 15) is 4.79 Å². The zero-order valence-corrected chi connectivity index (χ0v) is 12.2. The Balaban J connectivity index is 1.68. The zero-order chi connectivity index (χ0) is 14.8. The second kappa shape index (κ2) is 5.55. The molecule has 1 amide bonds. The van der Waals surface area contributed by atoms with Gasteiger partial charge in [0.2, 0.25) is 0 Å². The molecule has 1 aliphatic rings. The Morgan fingerprint density at radius 2 is 2.29 bits per heavy atom. The van der Waals surface area contributed by atoms with Crippen LogP contribution in [-0.4, -0.2) is 40.1 Å². The van der Waals surface area contributed by atoms with Gasteiger partial charge in [-0.05, 0) is 25.0 Å². The van der Waals surface area contributed by atoms with Gasteiger partial charge in [-0.1, -0.05) is 0 Å². The molecule has 6 heteroatoms. The van der Waals surface area contributed by atoms with Crippen LogP contribution in [0.25, 0.3) is 0 Å². The van der Waals surface area contributed by atoms with Crippen molar-refractivity contribution >= 4 is 5.91 Å². The lowest BCUT2D eigenvalue weighted by atomic mass is 10.2. The first-order valence-electron chi connectivity index (χ1n) is 6.97. The topological polar surface area (TPSA) is 71.1 Å². The first-order valence-corrected chi connectivity index (χ1v) is 6.97. The molecule has 0 aromatic carbocycles. The van der Waals surface area contributed by atoms with Crippen LogP contribution < -0.4 is 4.74 Å². The van der Waals surface area contributed by atoms with Crippen molar-refractivity contribution in [2.75, 3.05) is 14.2 Å². The molecule has 0 aliphatic heterocycles. The Hall–Kier alpha value is -2.37. The summed E-state index contributed by atoms with van der Waals surface area (Å²) in [5.41, 5.74) is 2.42. The zero-order valence-electron chi connectivity index (χ0n) is 12.2. The summed E-state index contributed by atoms with van der Waals surface area (Å²) in [5.74, 6) is 1.09. The number of methoxy groups -OCH3 is 1. The predicted octanol–water partition coefficient (Wildman–Crippen LogP) is 1.96. The molecule has 3 rings (SSSR count). The molecule has 110 valence electrons. The fourth-order valence-electron chi connectivity index (χ4n) is 2.23. The molecular weight excluding hydrogens is 268 g/mol. The molecule has 0 spiro atoms. The van der Waals surface area contributed by atoms with Crippen LogP contribution in [0.3, 0.4) is 0 Å². The van der Waals surface area contributed by atoms with Crippen molar-refractivity contribution in [1.82, 2.24) is 20.1 Å². The van der Waals surface area contributed by atoms with Crippen LogP contribution in [0.2, 0.25) is 0 Å². The fourth-order valence-corrected chi connectivity index (χ4v) is 2.23. The number of pyridine rings is 1. The van der Waals surface area contributed by atoms with E-state index in [2.05, 4.69) is 15.2 Å². The first kappa shape index (κ1) is 13.6. The van der Waals surface area contributed by atoms with Crippen molar-refractivity contribution in [3.05, 3.63) is 41.5 Å². The van der Waals surface area contributed by atoms with Crippen LogP contribution in [0, 0.1) is 0 Å². The highest BCUT2D eigenvalue weighted by Crippen LogP contribution is 2.39. The minimum absolute atomic E-state index is 0.142. The molecule has 0 radical (unpaired) electrons. The molecule has 1 fully saturated rings. The molecule has 2 aromatic rings. The number of nitrogens with zero attached hydrogens (tertiary/aromatic N) is 3. The van der Waals surface area contributed by atoms with Gasteiger partial charge in [-0.2, -0.15) is 5.10 Å². The average molecular weight is 286 g/mol. The molecular formula is C15H18N4O2. The van der Waals surface area contributed by atoms with E-state index in [1.807, 2.05) is 6.07 Å². The molecule has 1 saturated carbocycles. The smallest absolute Gasteiger partial charge is 0.272 e. The van der Waals surface area contributed by atoms with Crippen molar-refractivity contribution in [1.29, 1.82) is 0 Å². The van der Waals surface area contributed by atoms with E-state index in [1.165, 1.54) is 12.8 Å². The van der Waals surface area contributed by atoms with Gasteiger partial charge in [0.25, 0.3) is 5.91 Å². The number of aromatic nitrogens is 3. The molecule has 21 heavy (non-hydrogen) atoms. The number of hydrogen-bond acceptors (Lipinski definition) is 4. The third-order valence-electron chi connectivity index (χ3n) is 3.59. The van der Waals surface area contributed by atoms with Crippen molar-refractivity contribution in [3.8, 4) is 5.75 Å². The molecule has 1 aliphatic carbocycles. The highest BCUT2D eigenvalue weighted by molar-refractivity contribution is 5.92. The maximum absolute atomic E-state index is 12.3. The molecule has 0 saturated heterocycles. The SMILES string of the molecule is COc1ccnc(C(=O)N(C)Cc2cc(C3CC3)n[nH]2)c1. The number of ether oxygens (including phenoxy) is 1. The van der Waals surface area contributed by atoms with E-state index in [-0.39, 0.29) is 5.91 Å². The van der Waals surface area contributed by atoms with Crippen LogP contribution in [0.15, 0.2) is 24.4 Å². The van der Waals surface area contributed by atoms with Crippen LogP contribution in [-0.2, 0) is 6.54 Å². The monoisotopic (exact) mass is 286 g/mol. The predicted molar refractivity (Wildman–Crippen MR) is 77.1 cm³/mol. The summed E-state index contributed by atoms with van der Waals surface area (Å²) in [6.45, 7) is 0.484. The summed E-state index contributed by atoms with van der Waals surface area (Å²) in [5, 5.41) is 7.29. The van der Waals surface area contributed by atoms with Crippen LogP contribution >= 0.6 is 0 Å². The summed E-state index contributed by atoms with van der Waals surface area (Å²) < 4.78 is 5.11. The second-order valence-electron chi connectivity index (χ2n) is 5.33. The number of nitrogens with one attached hydrogen (secondary N) is 1. The van der Waals surface area contributed by atoms with Crippen molar-refractivity contribution in [2.24, 2.45) is 0 Å². The summed E-state index contributed by atoms with van der Waals surface area (Å²) in [7, 11) is 3.32. The highest BCUT2D eigenvalue weighted by atomic mass is 16.5. The van der Waals surface area contributed by atoms with Gasteiger partial charge in [-0.3, -0.25) is 14.9 Å². The maximum atomic E-state index is 12.3. The highest BCUT2D eigenvalue weighted by Gasteiger charge is 2.26. The lowest BCUT2D eigenvalue weighted by Crippen LogP contribution is -2.27. The van der Waals surface area contributed by atoms with E-state index >= 15 is 0 Å². The van der Waals surface area contributed by atoms with Crippen LogP contribution in [0.5, 0.6) is 5.75 Å². The lowest BCUT2D eigenvalue weighted by Gasteiger charge is -2.15. The number of aromatic amines is 1. The average Bonchev–Trinajstić information content (AvgIpc) is 3.27. The number of amides is 1. The van der Waals surface area contributed by atoms with Crippen LogP contribution in [0.4, 0.5) is 0 Å². The van der Waals surface area contributed by atoms with E-state index in [0.29, 0.717) is 23.9 Å². The fraction of sp³-hybridized carbons (Fsp3) is 0.400. The second-order valence-corrected chi connectivity index (χ2v) is 5.33. The Bertz CT molecular complexity index is 649. The van der Waals surface area contributed by atoms with Crippen molar-refractivity contribution in [2.45, 2.75) is 25.3 Å². The summed E-state index contributed by atoms with van der Waals surface area (Å²) in [6.07, 6.45) is 4.00. The lowest BCUT2D eigenvalue weighted by molar-refractivity contribution is 0.0777. The Labute approximate surface area is 123 Å². The standard InChI is InChI=1S/C15H18N4O2/c1-19(9-11-7-13(18-17-11)10-3-4-10)15(20)14-8-12(21-2)5-6-16-14/h5-8,10H,3-4,9H2,1-2H3,(H,17,18). The van der Waals surface area contributed by atoms with Gasteiger partial charge >= 0.3 is 0 Å². The largest absolute Gasteiger partial charge is 0.497 e. The minimum atomic E-state index is -0.142. The third-order valence-corrected chi connectivity index (χ3v) is 3.59. The number of H-pyrrole nitrogens is 1. The Kier molecular flexibility index (Phi) is 3.60. The number of hydrogen-bond donors (Lipinski definition) is 1. The number of carbonyl (C=O) groups is 1. The van der Waals surface area contributed by atoms with Gasteiger partial charge in [0.05, 0.1) is 25.0 Å². The summed E-state index contributed by atoms with van der Waals surface area (Å²) >= 11 is 0. The number of carbonyl (C=O) groups excluding carboxylic acids is 1. The minimum Gasteiger partial charge on any atom is -0.497 e. The molecule has 0 bridgehead atoms. The quantitative estimate of drug-likeness (QED) is 0.912. The van der Waals surface area contributed by atoms with E-state index in [0.717, 1.165) is 11.4 Å². The summed E-state index contributed by atoms with van der Waals surface area (Å²) in [6, 6.07) is 5.40. The summed E-state index contributed by atoms with van der Waals surface area (Å²) in [4.78, 5) is 18.1. The van der Waals surface area contributed by atoms with Gasteiger partial charge in [-0.15, -0.1) is 0 Å². The van der Waals surface area contributed by atoms with Crippen molar-refractivity contribution < 1.29 is 9.53 Å². The van der Waals surface area contributed by atoms with Gasteiger partial charge < -0.3 is 9.64 Å². The first-order chi connectivity index (χ1) is 10.2. The van der Waals surface area contributed by atoms with Gasteiger partial charge in [0.1, 0.15) is 11.4 Å². The van der Waals surface area contributed by atoms with Gasteiger partial charge in [0.15, 0.2) is 0 Å². The van der Waals surface area contributed by atoms with E-state index in [4.69, 9.17) is 4.74 Å². The molecule has 0 atom stereocenters. The molecule has 1 N–H and O–H groups in total. The Morgan fingerprint density at radius 3 is 3.00 bits per heavy atom. The number of rotatable bonds is 5. The molecule has 6 nitrogen and oxygen atoms in total. The van der Waals surface area contributed by atoms with E-state index in [1.54, 1.807) is 37.4 Å². The molecule has 2 aromatic heterocycles. The molecule has 0 unspecified atom stereocenters. The van der Waals surface area contributed by atoms with Crippen LogP contribution in [0.1, 0.15) is 40.6 Å². The third kappa shape index (κ3) is 3.04. The van der Waals surface area contributed by atoms with E-state index < -0.39 is 0 Å². The van der Waals surface area contributed by atoms with Crippen molar-refractivity contribution in [3.63, 3.8) is 0 Å². The normalized spacial score (nSPS) is 14.0. The van der Waals surface area contributed by atoms with Gasteiger partial charge in [-0.25, -0.2) is 0 Å². The molecule has 2 heterocycles. The maximum Gasteiger partial charge on any atom is 0.272 e. The van der Waals surface area contributed by atoms with Gasteiger partial charge in [0, 0.05) is 25.2 Å².